The van der Waals surface area contributed by atoms with Crippen molar-refractivity contribution in [1.29, 1.82) is 0 Å². The Morgan fingerprint density at radius 3 is 2.70 bits per heavy atom. The Morgan fingerprint density at radius 2 is 1.90 bits per heavy atom. The molecule has 30 heavy (non-hydrogen) atoms. The number of benzene rings is 2. The van der Waals surface area contributed by atoms with Crippen LogP contribution in [-0.2, 0) is 4.74 Å². The minimum Gasteiger partial charge on any atom is -0.376 e. The van der Waals surface area contributed by atoms with Crippen molar-refractivity contribution in [1.82, 2.24) is 19.7 Å². The van der Waals surface area contributed by atoms with Crippen molar-refractivity contribution in [2.24, 2.45) is 0 Å². The molecule has 1 aliphatic rings. The zero-order valence-corrected chi connectivity index (χ0v) is 16.9. The molecule has 7 nitrogen and oxygen atoms in total. The summed E-state index contributed by atoms with van der Waals surface area (Å²) < 4.78 is 7.58. The summed E-state index contributed by atoms with van der Waals surface area (Å²) in [5, 5.41) is 12.3. The standard InChI is InChI=1S/C23H24N6O/c1-16-8-5-6-12-20(16)26-21-19-15-25-29(17-9-3-2-4-10-17)22(19)28-23(27-21)24-14-18-11-7-13-30-18/h2-6,8-10,12,15,18H,7,11,13-14H2,1H3,(H2,24,26,27,28)/t18-/m0/s1. The fourth-order valence-electron chi connectivity index (χ4n) is 3.69. The number of aromatic nitrogens is 4. The fourth-order valence-corrected chi connectivity index (χ4v) is 3.69. The van der Waals surface area contributed by atoms with Crippen LogP contribution in [0, 0.1) is 6.92 Å². The van der Waals surface area contributed by atoms with Crippen LogP contribution in [0.1, 0.15) is 18.4 Å². The number of para-hydroxylation sites is 2. The summed E-state index contributed by atoms with van der Waals surface area (Å²) in [5.74, 6) is 1.29. The molecule has 0 spiro atoms. The van der Waals surface area contributed by atoms with E-state index in [9.17, 15) is 0 Å². The van der Waals surface area contributed by atoms with E-state index in [1.54, 1.807) is 0 Å². The zero-order valence-electron chi connectivity index (χ0n) is 16.9. The summed E-state index contributed by atoms with van der Waals surface area (Å²) in [6, 6.07) is 18.2. The molecule has 0 unspecified atom stereocenters. The van der Waals surface area contributed by atoms with Gasteiger partial charge < -0.3 is 15.4 Å². The van der Waals surface area contributed by atoms with E-state index in [4.69, 9.17) is 14.7 Å². The molecular formula is C23H24N6O. The van der Waals surface area contributed by atoms with Gasteiger partial charge in [0.25, 0.3) is 0 Å². The second kappa shape index (κ2) is 8.12. The van der Waals surface area contributed by atoms with E-state index in [0.29, 0.717) is 12.5 Å². The molecule has 1 atom stereocenters. The molecule has 2 N–H and O–H groups in total. The van der Waals surface area contributed by atoms with Crippen molar-refractivity contribution >= 4 is 28.5 Å². The lowest BCUT2D eigenvalue weighted by molar-refractivity contribution is 0.120. The quantitative estimate of drug-likeness (QED) is 0.498. The van der Waals surface area contributed by atoms with Crippen LogP contribution < -0.4 is 10.6 Å². The first-order chi connectivity index (χ1) is 14.8. The summed E-state index contributed by atoms with van der Waals surface area (Å²) in [7, 11) is 0. The van der Waals surface area contributed by atoms with Gasteiger partial charge in [-0.15, -0.1) is 0 Å². The number of anilines is 3. The SMILES string of the molecule is Cc1ccccc1Nc1nc(NC[C@@H]2CCCO2)nc2c1cnn2-c1ccccc1. The van der Waals surface area contributed by atoms with Gasteiger partial charge in [-0.3, -0.25) is 0 Å². The van der Waals surface area contributed by atoms with Crippen molar-refractivity contribution in [2.45, 2.75) is 25.9 Å². The Hall–Kier alpha value is -3.45. The maximum atomic E-state index is 5.73. The van der Waals surface area contributed by atoms with Crippen molar-refractivity contribution in [2.75, 3.05) is 23.8 Å². The summed E-state index contributed by atoms with van der Waals surface area (Å²) in [4.78, 5) is 9.54. The van der Waals surface area contributed by atoms with Gasteiger partial charge in [0.05, 0.1) is 23.4 Å². The molecule has 5 rings (SSSR count). The number of hydrogen-bond donors (Lipinski definition) is 2. The molecule has 0 saturated carbocycles. The van der Waals surface area contributed by atoms with Crippen molar-refractivity contribution < 1.29 is 4.74 Å². The highest BCUT2D eigenvalue weighted by Gasteiger charge is 2.18. The van der Waals surface area contributed by atoms with Crippen LogP contribution in [0.3, 0.4) is 0 Å². The van der Waals surface area contributed by atoms with E-state index in [0.717, 1.165) is 53.2 Å². The van der Waals surface area contributed by atoms with E-state index >= 15 is 0 Å². The third-order valence-corrected chi connectivity index (χ3v) is 5.34. The average Bonchev–Trinajstić information content (AvgIpc) is 3.44. The Labute approximate surface area is 175 Å². The minimum atomic E-state index is 0.205. The highest BCUT2D eigenvalue weighted by molar-refractivity contribution is 5.90. The zero-order chi connectivity index (χ0) is 20.3. The lowest BCUT2D eigenvalue weighted by Crippen LogP contribution is -2.20. The molecule has 0 aliphatic carbocycles. The fraction of sp³-hybridized carbons (Fsp3) is 0.261. The molecule has 1 saturated heterocycles. The topological polar surface area (TPSA) is 76.9 Å². The highest BCUT2D eigenvalue weighted by atomic mass is 16.5. The number of rotatable bonds is 6. The molecule has 4 aromatic rings. The molecule has 0 amide bonds. The van der Waals surface area contributed by atoms with E-state index in [2.05, 4.69) is 28.7 Å². The molecule has 7 heteroatoms. The van der Waals surface area contributed by atoms with Crippen LogP contribution in [0.15, 0.2) is 60.8 Å². The summed E-state index contributed by atoms with van der Waals surface area (Å²) in [6.45, 7) is 3.59. The molecule has 2 aromatic carbocycles. The van der Waals surface area contributed by atoms with Crippen molar-refractivity contribution in [3.8, 4) is 5.69 Å². The van der Waals surface area contributed by atoms with Gasteiger partial charge in [-0.1, -0.05) is 36.4 Å². The predicted octanol–water partition coefficient (Wildman–Crippen LogP) is 4.46. The van der Waals surface area contributed by atoms with Gasteiger partial charge in [0.1, 0.15) is 5.82 Å². The van der Waals surface area contributed by atoms with Gasteiger partial charge in [0.15, 0.2) is 5.65 Å². The smallest absolute Gasteiger partial charge is 0.226 e. The van der Waals surface area contributed by atoms with Gasteiger partial charge in [-0.05, 0) is 43.5 Å². The third-order valence-electron chi connectivity index (χ3n) is 5.34. The summed E-state index contributed by atoms with van der Waals surface area (Å²) in [5.41, 5.74) is 3.86. The number of nitrogens with one attached hydrogen (secondary N) is 2. The molecule has 1 aliphatic heterocycles. The van der Waals surface area contributed by atoms with Gasteiger partial charge in [0.2, 0.25) is 5.95 Å². The maximum Gasteiger partial charge on any atom is 0.226 e. The Kier molecular flexibility index (Phi) is 5.03. The number of nitrogens with zero attached hydrogens (tertiary/aromatic N) is 4. The van der Waals surface area contributed by atoms with Crippen molar-refractivity contribution in [3.05, 3.63) is 66.4 Å². The predicted molar refractivity (Wildman–Crippen MR) is 119 cm³/mol. The Balaban J connectivity index is 1.56. The van der Waals surface area contributed by atoms with E-state index in [1.807, 2.05) is 59.4 Å². The first-order valence-corrected chi connectivity index (χ1v) is 10.3. The van der Waals surface area contributed by atoms with Crippen LogP contribution in [-0.4, -0.2) is 39.0 Å². The number of aryl methyl sites for hydroxylation is 1. The lowest BCUT2D eigenvalue weighted by Gasteiger charge is -2.14. The number of fused-ring (bicyclic) bond motifs is 1. The molecule has 0 radical (unpaired) electrons. The summed E-state index contributed by atoms with van der Waals surface area (Å²) >= 11 is 0. The van der Waals surface area contributed by atoms with E-state index < -0.39 is 0 Å². The monoisotopic (exact) mass is 400 g/mol. The lowest BCUT2D eigenvalue weighted by atomic mass is 10.2. The normalized spacial score (nSPS) is 16.1. The van der Waals surface area contributed by atoms with E-state index in [-0.39, 0.29) is 6.10 Å². The molecule has 2 aromatic heterocycles. The minimum absolute atomic E-state index is 0.205. The summed E-state index contributed by atoms with van der Waals surface area (Å²) in [6.07, 6.45) is 4.18. The first-order valence-electron chi connectivity index (χ1n) is 10.3. The molecule has 0 bridgehead atoms. The molecular weight excluding hydrogens is 376 g/mol. The number of ether oxygens (including phenoxy) is 1. The van der Waals surface area contributed by atoms with Gasteiger partial charge in [-0.2, -0.15) is 15.1 Å². The van der Waals surface area contributed by atoms with Crippen LogP contribution in [0.25, 0.3) is 16.7 Å². The van der Waals surface area contributed by atoms with Crippen LogP contribution >= 0.6 is 0 Å². The van der Waals surface area contributed by atoms with E-state index in [1.165, 1.54) is 0 Å². The molecule has 152 valence electrons. The second-order valence-electron chi connectivity index (χ2n) is 7.48. The second-order valence-corrected chi connectivity index (χ2v) is 7.48. The Morgan fingerprint density at radius 1 is 1.07 bits per heavy atom. The largest absolute Gasteiger partial charge is 0.376 e. The van der Waals surface area contributed by atoms with Crippen molar-refractivity contribution in [3.63, 3.8) is 0 Å². The van der Waals surface area contributed by atoms with Crippen LogP contribution in [0.5, 0.6) is 0 Å². The maximum absolute atomic E-state index is 5.73. The molecule has 1 fully saturated rings. The van der Waals surface area contributed by atoms with Gasteiger partial charge in [-0.25, -0.2) is 4.68 Å². The number of hydrogen-bond acceptors (Lipinski definition) is 6. The average molecular weight is 400 g/mol. The molecule has 3 heterocycles. The van der Waals surface area contributed by atoms with Crippen LogP contribution in [0.2, 0.25) is 0 Å². The Bertz CT molecular complexity index is 1150. The van der Waals surface area contributed by atoms with Gasteiger partial charge >= 0.3 is 0 Å². The van der Waals surface area contributed by atoms with Crippen LogP contribution in [0.4, 0.5) is 17.5 Å². The third kappa shape index (κ3) is 3.71. The highest BCUT2D eigenvalue weighted by Crippen LogP contribution is 2.28. The first kappa shape index (κ1) is 18.6. The van der Waals surface area contributed by atoms with Gasteiger partial charge in [0, 0.05) is 18.8 Å².